The molecule has 0 bridgehead atoms. The zero-order chi connectivity index (χ0) is 18.7. The number of rotatable bonds is 5. The number of nitrogens with one attached hydrogen (secondary N) is 1. The highest BCUT2D eigenvalue weighted by Gasteiger charge is 2.21. The van der Waals surface area contributed by atoms with Crippen LogP contribution in [0.5, 0.6) is 0 Å². The molecule has 140 valence electrons. The van der Waals surface area contributed by atoms with Crippen LogP contribution in [0.15, 0.2) is 24.5 Å². The maximum absolute atomic E-state index is 12.0. The number of sulfone groups is 1. The third kappa shape index (κ3) is 7.38. The van der Waals surface area contributed by atoms with Crippen LogP contribution < -0.4 is 10.2 Å². The first-order chi connectivity index (χ1) is 11.9. The van der Waals surface area contributed by atoms with Crippen molar-refractivity contribution in [1.29, 1.82) is 0 Å². The highest BCUT2D eigenvalue weighted by molar-refractivity contribution is 7.91. The molecule has 0 radical (unpaired) electrons. The van der Waals surface area contributed by atoms with E-state index in [2.05, 4.69) is 15.2 Å². The Morgan fingerprint density at radius 2 is 1.84 bits per heavy atom. The van der Waals surface area contributed by atoms with E-state index in [0.29, 0.717) is 13.1 Å². The molecule has 0 aliphatic carbocycles. The molecule has 0 unspecified atom stereocenters. The van der Waals surface area contributed by atoms with Crippen molar-refractivity contribution in [2.24, 2.45) is 0 Å². The Labute approximate surface area is 147 Å². The second kappa shape index (κ2) is 10.5. The number of aromatic nitrogens is 1. The van der Waals surface area contributed by atoms with Crippen LogP contribution in [-0.4, -0.2) is 80.1 Å². The zero-order valence-electron chi connectivity index (χ0n) is 14.2. The summed E-state index contributed by atoms with van der Waals surface area (Å²) in [5.74, 6) is 0.0969. The minimum absolute atomic E-state index is 0.00772. The minimum Gasteiger partial charge on any atom is -0.483 e. The van der Waals surface area contributed by atoms with E-state index < -0.39 is 9.84 Å². The lowest BCUT2D eigenvalue weighted by molar-refractivity contribution is -0.122. The predicted octanol–water partition coefficient (Wildman–Crippen LogP) is 0.0487. The average Bonchev–Trinajstić information content (AvgIpc) is 2.63. The fourth-order valence-electron chi connectivity index (χ4n) is 2.29. The normalized spacial score (nSPS) is 14.3. The minimum atomic E-state index is -3.04. The lowest BCUT2D eigenvalue weighted by atomic mass is 10.3. The zero-order valence-corrected chi connectivity index (χ0v) is 15.0. The molecule has 2 N–H and O–H groups in total. The SMILES string of the molecule is CCS(=O)(=O)CCNC(=O)N1CCN(c2ccncc2)CC1.O=CO. The molecular weight excluding hydrogens is 348 g/mol. The van der Waals surface area contributed by atoms with E-state index in [-0.39, 0.29) is 30.6 Å². The van der Waals surface area contributed by atoms with Gasteiger partial charge in [-0.25, -0.2) is 13.2 Å². The Bertz CT molecular complexity index is 631. The van der Waals surface area contributed by atoms with Crippen molar-refractivity contribution in [2.75, 3.05) is 49.1 Å². The summed E-state index contributed by atoms with van der Waals surface area (Å²) >= 11 is 0. The molecule has 2 heterocycles. The maximum Gasteiger partial charge on any atom is 0.317 e. The highest BCUT2D eigenvalue weighted by Crippen LogP contribution is 2.14. The van der Waals surface area contributed by atoms with E-state index in [4.69, 9.17) is 9.90 Å². The molecule has 9 nitrogen and oxygen atoms in total. The number of pyridine rings is 1. The topological polar surface area (TPSA) is 120 Å². The summed E-state index contributed by atoms with van der Waals surface area (Å²) in [6.07, 6.45) is 3.51. The molecule has 10 heteroatoms. The molecule has 1 saturated heterocycles. The summed E-state index contributed by atoms with van der Waals surface area (Å²) < 4.78 is 22.8. The number of piperazine rings is 1. The van der Waals surface area contributed by atoms with Gasteiger partial charge in [-0.3, -0.25) is 9.78 Å². The Hall–Kier alpha value is -2.36. The standard InChI is InChI=1S/C14H22N4O3S.CH2O2/c1-2-22(20,21)12-7-16-14(19)18-10-8-17(9-11-18)13-3-5-15-6-4-13;2-1-3/h3-6H,2,7-12H2,1H3,(H,16,19);1H,(H,2,3). The summed E-state index contributed by atoms with van der Waals surface area (Å²) in [5.41, 5.74) is 1.10. The van der Waals surface area contributed by atoms with Gasteiger partial charge in [0.25, 0.3) is 6.47 Å². The van der Waals surface area contributed by atoms with Gasteiger partial charge in [-0.05, 0) is 12.1 Å². The molecule has 0 aromatic carbocycles. The molecule has 0 saturated carbocycles. The summed E-state index contributed by atoms with van der Waals surface area (Å²) in [7, 11) is -3.04. The highest BCUT2D eigenvalue weighted by atomic mass is 32.2. The molecule has 1 fully saturated rings. The van der Waals surface area contributed by atoms with Crippen LogP contribution >= 0.6 is 0 Å². The van der Waals surface area contributed by atoms with Crippen molar-refractivity contribution in [3.63, 3.8) is 0 Å². The Morgan fingerprint density at radius 3 is 2.36 bits per heavy atom. The fourth-order valence-corrected chi connectivity index (χ4v) is 2.99. The molecule has 1 aromatic rings. The van der Waals surface area contributed by atoms with Gasteiger partial charge in [0.15, 0.2) is 9.84 Å². The number of anilines is 1. The lowest BCUT2D eigenvalue weighted by Gasteiger charge is -2.36. The van der Waals surface area contributed by atoms with E-state index in [1.807, 2.05) is 12.1 Å². The van der Waals surface area contributed by atoms with Crippen molar-refractivity contribution < 1.29 is 23.1 Å². The van der Waals surface area contributed by atoms with Gasteiger partial charge in [0.1, 0.15) is 0 Å². The number of carbonyl (C=O) groups excluding carboxylic acids is 1. The van der Waals surface area contributed by atoms with Crippen LogP contribution in [-0.2, 0) is 14.6 Å². The molecule has 0 spiro atoms. The predicted molar refractivity (Wildman–Crippen MR) is 94.4 cm³/mol. The first-order valence-electron chi connectivity index (χ1n) is 7.89. The Kier molecular flexibility index (Phi) is 8.68. The van der Waals surface area contributed by atoms with E-state index in [0.717, 1.165) is 18.8 Å². The van der Waals surface area contributed by atoms with E-state index >= 15 is 0 Å². The molecule has 2 rings (SSSR count). The maximum atomic E-state index is 12.0. The van der Waals surface area contributed by atoms with Crippen LogP contribution in [0.25, 0.3) is 0 Å². The van der Waals surface area contributed by atoms with Gasteiger partial charge in [0.2, 0.25) is 0 Å². The van der Waals surface area contributed by atoms with Crippen LogP contribution in [0.1, 0.15) is 6.92 Å². The van der Waals surface area contributed by atoms with E-state index in [1.165, 1.54) is 0 Å². The van der Waals surface area contributed by atoms with Crippen LogP contribution in [0.2, 0.25) is 0 Å². The fraction of sp³-hybridized carbons (Fsp3) is 0.533. The van der Waals surface area contributed by atoms with Gasteiger partial charge >= 0.3 is 6.03 Å². The van der Waals surface area contributed by atoms with Crippen LogP contribution in [0.3, 0.4) is 0 Å². The number of nitrogens with zero attached hydrogens (tertiary/aromatic N) is 3. The second-order valence-electron chi connectivity index (χ2n) is 5.25. The van der Waals surface area contributed by atoms with Crippen molar-refractivity contribution in [1.82, 2.24) is 15.2 Å². The Morgan fingerprint density at radius 1 is 1.28 bits per heavy atom. The van der Waals surface area contributed by atoms with Crippen molar-refractivity contribution >= 4 is 28.0 Å². The lowest BCUT2D eigenvalue weighted by Crippen LogP contribution is -2.52. The smallest absolute Gasteiger partial charge is 0.317 e. The number of carboxylic acid groups (broad SMARTS) is 1. The molecular formula is C15H24N4O5S. The summed E-state index contributed by atoms with van der Waals surface area (Å²) in [5, 5.41) is 9.57. The van der Waals surface area contributed by atoms with Crippen molar-refractivity contribution in [3.05, 3.63) is 24.5 Å². The third-order valence-electron chi connectivity index (χ3n) is 3.72. The van der Waals surface area contributed by atoms with Gasteiger partial charge < -0.3 is 20.2 Å². The average molecular weight is 372 g/mol. The summed E-state index contributed by atoms with van der Waals surface area (Å²) in [6.45, 7) is 4.27. The number of hydrogen-bond donors (Lipinski definition) is 2. The summed E-state index contributed by atoms with van der Waals surface area (Å²) in [4.78, 5) is 28.3. The number of hydrogen-bond acceptors (Lipinski definition) is 6. The Balaban J connectivity index is 0.000000970. The monoisotopic (exact) mass is 372 g/mol. The molecule has 0 atom stereocenters. The molecule has 1 aliphatic heterocycles. The van der Waals surface area contributed by atoms with Crippen molar-refractivity contribution in [2.45, 2.75) is 6.92 Å². The van der Waals surface area contributed by atoms with Gasteiger partial charge in [0, 0.05) is 56.6 Å². The van der Waals surface area contributed by atoms with Gasteiger partial charge in [0.05, 0.1) is 5.75 Å². The first kappa shape index (κ1) is 20.7. The number of carbonyl (C=O) groups is 2. The van der Waals surface area contributed by atoms with E-state index in [9.17, 15) is 13.2 Å². The molecule has 1 aliphatic rings. The number of urea groups is 1. The molecule has 1 aromatic heterocycles. The largest absolute Gasteiger partial charge is 0.483 e. The van der Waals surface area contributed by atoms with Crippen LogP contribution in [0.4, 0.5) is 10.5 Å². The third-order valence-corrected chi connectivity index (χ3v) is 5.43. The van der Waals surface area contributed by atoms with Gasteiger partial charge in [-0.1, -0.05) is 6.92 Å². The first-order valence-corrected chi connectivity index (χ1v) is 9.71. The van der Waals surface area contributed by atoms with Crippen LogP contribution in [0, 0.1) is 0 Å². The van der Waals surface area contributed by atoms with E-state index in [1.54, 1.807) is 24.2 Å². The second-order valence-corrected chi connectivity index (χ2v) is 7.73. The number of amides is 2. The quantitative estimate of drug-likeness (QED) is 0.701. The summed E-state index contributed by atoms with van der Waals surface area (Å²) in [6, 6.07) is 3.71. The molecule has 2 amide bonds. The van der Waals surface area contributed by atoms with Gasteiger partial charge in [-0.2, -0.15) is 0 Å². The molecule has 25 heavy (non-hydrogen) atoms. The van der Waals surface area contributed by atoms with Crippen molar-refractivity contribution in [3.8, 4) is 0 Å². The van der Waals surface area contributed by atoms with Gasteiger partial charge in [-0.15, -0.1) is 0 Å².